The molecule has 3 heteroatoms. The molecule has 2 rings (SSSR count). The molecule has 0 fully saturated rings. The number of fused-ring (bicyclic) bond motifs is 1. The van der Waals surface area contributed by atoms with E-state index in [1.54, 1.807) is 0 Å². The van der Waals surface area contributed by atoms with Crippen molar-refractivity contribution in [2.24, 2.45) is 0 Å². The van der Waals surface area contributed by atoms with Gasteiger partial charge >= 0.3 is 0 Å². The minimum absolute atomic E-state index is 0.174. The van der Waals surface area contributed by atoms with Crippen LogP contribution in [0.1, 0.15) is 6.42 Å². The first-order chi connectivity index (χ1) is 6.40. The van der Waals surface area contributed by atoms with Gasteiger partial charge in [0.25, 0.3) is 0 Å². The van der Waals surface area contributed by atoms with Crippen molar-refractivity contribution in [2.75, 3.05) is 13.2 Å². The summed E-state index contributed by atoms with van der Waals surface area (Å²) in [6.45, 7) is 1.53. The second-order valence-electron chi connectivity index (χ2n) is 3.14. The van der Waals surface area contributed by atoms with Crippen LogP contribution in [0.25, 0.3) is 0 Å². The van der Waals surface area contributed by atoms with Gasteiger partial charge in [-0.15, -0.1) is 0 Å². The Morgan fingerprint density at radius 1 is 1.31 bits per heavy atom. The first kappa shape index (κ1) is 8.38. The molecule has 1 aromatic rings. The van der Waals surface area contributed by atoms with Crippen LogP contribution < -0.4 is 15.2 Å². The molecule has 0 aromatic heterocycles. The van der Waals surface area contributed by atoms with Gasteiger partial charge in [-0.2, -0.15) is 0 Å². The molecule has 0 spiro atoms. The van der Waals surface area contributed by atoms with Crippen molar-refractivity contribution < 1.29 is 15.2 Å². The van der Waals surface area contributed by atoms with Crippen LogP contribution in [0.4, 0.5) is 0 Å². The summed E-state index contributed by atoms with van der Waals surface area (Å²) in [4.78, 5) is 0. The molecule has 0 saturated heterocycles. The van der Waals surface area contributed by atoms with Crippen LogP contribution in [-0.2, 0) is 0 Å². The summed E-state index contributed by atoms with van der Waals surface area (Å²) in [7, 11) is 0. The van der Waals surface area contributed by atoms with Crippen molar-refractivity contribution in [2.45, 2.75) is 12.5 Å². The quantitative estimate of drug-likeness (QED) is 0.718. The van der Waals surface area contributed by atoms with Gasteiger partial charge in [-0.3, -0.25) is 0 Å². The minimum Gasteiger partial charge on any atom is -0.486 e. The van der Waals surface area contributed by atoms with E-state index in [-0.39, 0.29) is 6.10 Å². The fourth-order valence-electron chi connectivity index (χ4n) is 1.43. The Labute approximate surface area is 77.5 Å². The molecule has 1 aliphatic heterocycles. The number of benzene rings is 1. The molecule has 0 unspecified atom stereocenters. The minimum atomic E-state index is 0.174. The molecule has 1 heterocycles. The molecule has 3 N–H and O–H groups in total. The zero-order valence-corrected chi connectivity index (χ0v) is 7.53. The first-order valence-electron chi connectivity index (χ1n) is 4.58. The lowest BCUT2D eigenvalue weighted by Gasteiger charge is -2.25. The maximum Gasteiger partial charge on any atom is 0.161 e. The van der Waals surface area contributed by atoms with Gasteiger partial charge in [0.05, 0.1) is 6.54 Å². The summed E-state index contributed by atoms with van der Waals surface area (Å²) >= 11 is 0. The molecule has 3 nitrogen and oxygen atoms in total. The predicted molar refractivity (Wildman–Crippen MR) is 48.7 cm³/mol. The molecule has 70 valence electrons. The fourth-order valence-corrected chi connectivity index (χ4v) is 1.43. The lowest BCUT2D eigenvalue weighted by molar-refractivity contribution is -0.371. The van der Waals surface area contributed by atoms with E-state index in [1.165, 1.54) is 0 Å². The first-order valence-corrected chi connectivity index (χ1v) is 4.58. The van der Waals surface area contributed by atoms with Crippen LogP contribution in [0.2, 0.25) is 0 Å². The van der Waals surface area contributed by atoms with E-state index in [0.717, 1.165) is 24.5 Å². The van der Waals surface area contributed by atoms with Crippen molar-refractivity contribution in [3.05, 3.63) is 24.3 Å². The van der Waals surface area contributed by atoms with E-state index >= 15 is 0 Å². The number of rotatable bonds is 2. The number of para-hydroxylation sites is 2. The van der Waals surface area contributed by atoms with Gasteiger partial charge in [0.15, 0.2) is 11.5 Å². The highest BCUT2D eigenvalue weighted by atomic mass is 16.6. The Balaban J connectivity index is 2.11. The Morgan fingerprint density at radius 3 is 2.85 bits per heavy atom. The molecule has 0 radical (unpaired) electrons. The Bertz CT molecular complexity index is 288. The highest BCUT2D eigenvalue weighted by Gasteiger charge is 2.19. The van der Waals surface area contributed by atoms with Gasteiger partial charge in [0.1, 0.15) is 12.7 Å². The average Bonchev–Trinajstić information content (AvgIpc) is 2.18. The van der Waals surface area contributed by atoms with Crippen LogP contribution in [0, 0.1) is 0 Å². The van der Waals surface area contributed by atoms with Gasteiger partial charge in [-0.1, -0.05) is 12.1 Å². The zero-order valence-electron chi connectivity index (χ0n) is 7.53. The van der Waals surface area contributed by atoms with Gasteiger partial charge in [-0.25, -0.2) is 0 Å². The summed E-state index contributed by atoms with van der Waals surface area (Å²) in [5, 5.41) is 0. The van der Waals surface area contributed by atoms with Crippen molar-refractivity contribution in [3.8, 4) is 11.5 Å². The number of hydrogen-bond acceptors (Lipinski definition) is 2. The smallest absolute Gasteiger partial charge is 0.161 e. The molecule has 13 heavy (non-hydrogen) atoms. The maximum atomic E-state index is 5.71. The molecular weight excluding hydrogens is 166 g/mol. The fraction of sp³-hybridized carbons (Fsp3) is 0.400. The summed E-state index contributed by atoms with van der Waals surface area (Å²) in [5.41, 5.74) is 3.80. The highest BCUT2D eigenvalue weighted by Crippen LogP contribution is 2.31. The largest absolute Gasteiger partial charge is 0.486 e. The second-order valence-corrected chi connectivity index (χ2v) is 3.14. The van der Waals surface area contributed by atoms with E-state index in [4.69, 9.17) is 9.47 Å². The third-order valence-electron chi connectivity index (χ3n) is 2.09. The van der Waals surface area contributed by atoms with Gasteiger partial charge in [0, 0.05) is 6.42 Å². The van der Waals surface area contributed by atoms with Crippen molar-refractivity contribution in [3.63, 3.8) is 0 Å². The predicted octanol–water partition coefficient (Wildman–Crippen LogP) is 0.458. The van der Waals surface area contributed by atoms with E-state index in [2.05, 4.69) is 5.73 Å². The van der Waals surface area contributed by atoms with Crippen molar-refractivity contribution in [1.82, 2.24) is 0 Å². The van der Waals surface area contributed by atoms with Crippen LogP contribution in [0.15, 0.2) is 24.3 Å². The summed E-state index contributed by atoms with van der Waals surface area (Å²) < 4.78 is 11.2. The lowest BCUT2D eigenvalue weighted by atomic mass is 10.2. The second kappa shape index (κ2) is 3.66. The molecule has 0 amide bonds. The number of hydrogen-bond donors (Lipinski definition) is 1. The van der Waals surface area contributed by atoms with Crippen molar-refractivity contribution in [1.29, 1.82) is 0 Å². The normalized spacial score (nSPS) is 19.9. The Kier molecular flexibility index (Phi) is 2.36. The summed E-state index contributed by atoms with van der Waals surface area (Å²) in [6.07, 6.45) is 1.13. The molecule has 0 bridgehead atoms. The average molecular weight is 180 g/mol. The van der Waals surface area contributed by atoms with E-state index in [0.29, 0.717) is 6.61 Å². The van der Waals surface area contributed by atoms with E-state index in [9.17, 15) is 0 Å². The van der Waals surface area contributed by atoms with Crippen molar-refractivity contribution >= 4 is 0 Å². The number of ether oxygens (including phenoxy) is 2. The molecule has 1 aromatic carbocycles. The van der Waals surface area contributed by atoms with Crippen LogP contribution >= 0.6 is 0 Å². The molecule has 1 atom stereocenters. The summed E-state index contributed by atoms with van der Waals surface area (Å²) in [6, 6.07) is 7.76. The lowest BCUT2D eigenvalue weighted by Crippen LogP contribution is -2.52. The van der Waals surface area contributed by atoms with E-state index in [1.807, 2.05) is 24.3 Å². The van der Waals surface area contributed by atoms with Crippen LogP contribution in [0.3, 0.4) is 0 Å². The molecule has 0 aliphatic carbocycles. The van der Waals surface area contributed by atoms with Crippen LogP contribution in [0.5, 0.6) is 11.5 Å². The monoisotopic (exact) mass is 180 g/mol. The SMILES string of the molecule is [NH3+]CC[C@H]1COc2ccccc2O1. The van der Waals surface area contributed by atoms with Gasteiger partial charge in [-0.05, 0) is 12.1 Å². The third-order valence-corrected chi connectivity index (χ3v) is 2.09. The topological polar surface area (TPSA) is 46.1 Å². The standard InChI is InChI=1S/C10H13NO2/c11-6-5-8-7-12-9-3-1-2-4-10(9)13-8/h1-4,8H,5-7,11H2/p+1/t8-/m0/s1. The Hall–Kier alpha value is -1.22. The molecule has 0 saturated carbocycles. The molecule has 1 aliphatic rings. The number of quaternary nitrogens is 1. The highest BCUT2D eigenvalue weighted by molar-refractivity contribution is 5.40. The van der Waals surface area contributed by atoms with Gasteiger partial charge < -0.3 is 15.2 Å². The Morgan fingerprint density at radius 2 is 2.08 bits per heavy atom. The van der Waals surface area contributed by atoms with Crippen LogP contribution in [-0.4, -0.2) is 19.3 Å². The third kappa shape index (κ3) is 1.75. The molecular formula is C10H14NO2+. The maximum absolute atomic E-state index is 5.71. The summed E-state index contributed by atoms with van der Waals surface area (Å²) in [5.74, 6) is 1.70. The van der Waals surface area contributed by atoms with E-state index < -0.39 is 0 Å². The van der Waals surface area contributed by atoms with Gasteiger partial charge in [0.2, 0.25) is 0 Å². The zero-order chi connectivity index (χ0) is 9.10.